The molecule has 28 heavy (non-hydrogen) atoms. The molecule has 7 heteroatoms. The fourth-order valence-corrected chi connectivity index (χ4v) is 3.39. The summed E-state index contributed by atoms with van der Waals surface area (Å²) in [4.78, 5) is 25.2. The minimum absolute atomic E-state index is 0.0114. The van der Waals surface area contributed by atoms with Gasteiger partial charge in [0.05, 0.1) is 24.1 Å². The van der Waals surface area contributed by atoms with Crippen molar-refractivity contribution in [3.05, 3.63) is 47.9 Å². The first-order valence-corrected chi connectivity index (χ1v) is 9.86. The van der Waals surface area contributed by atoms with Gasteiger partial charge in [-0.2, -0.15) is 0 Å². The molecule has 0 saturated carbocycles. The fourth-order valence-electron chi connectivity index (χ4n) is 3.39. The van der Waals surface area contributed by atoms with Crippen molar-refractivity contribution in [1.29, 1.82) is 0 Å². The lowest BCUT2D eigenvalue weighted by Gasteiger charge is -2.22. The molecular formula is C21H30N6O. The topological polar surface area (TPSA) is 73.4 Å². The lowest BCUT2D eigenvalue weighted by Crippen LogP contribution is -2.40. The molecule has 150 valence electrons. The van der Waals surface area contributed by atoms with Gasteiger partial charge in [0, 0.05) is 39.4 Å². The highest BCUT2D eigenvalue weighted by molar-refractivity contribution is 5.74. The molecular weight excluding hydrogens is 352 g/mol. The molecule has 0 bridgehead atoms. The summed E-state index contributed by atoms with van der Waals surface area (Å²) < 4.78 is 0. The molecule has 1 aliphatic heterocycles. The van der Waals surface area contributed by atoms with E-state index in [9.17, 15) is 4.79 Å². The third-order valence-electron chi connectivity index (χ3n) is 5.12. The number of aromatic nitrogens is 2. The smallest absolute Gasteiger partial charge is 0.317 e. The molecule has 2 aromatic heterocycles. The summed E-state index contributed by atoms with van der Waals surface area (Å²) >= 11 is 0. The SMILES string of the molecule is Cc1cccnc1CNC(=O)N1CCC[C@@H](Nc2ccc(N(C)C)nc2)CC1. The first-order chi connectivity index (χ1) is 13.5. The van der Waals surface area contributed by atoms with Crippen LogP contribution >= 0.6 is 0 Å². The van der Waals surface area contributed by atoms with Crippen molar-refractivity contribution in [1.82, 2.24) is 20.2 Å². The largest absolute Gasteiger partial charge is 0.381 e. The van der Waals surface area contributed by atoms with Crippen LogP contribution in [0.15, 0.2) is 36.7 Å². The summed E-state index contributed by atoms with van der Waals surface area (Å²) in [6, 6.07) is 8.33. The Kier molecular flexibility index (Phi) is 6.68. The molecule has 2 amide bonds. The summed E-state index contributed by atoms with van der Waals surface area (Å²) in [5.74, 6) is 0.942. The molecule has 3 heterocycles. The van der Waals surface area contributed by atoms with Gasteiger partial charge in [-0.05, 0) is 49.9 Å². The summed E-state index contributed by atoms with van der Waals surface area (Å²) in [5, 5.41) is 6.57. The lowest BCUT2D eigenvalue weighted by atomic mass is 10.1. The number of pyridine rings is 2. The molecule has 0 aliphatic carbocycles. The van der Waals surface area contributed by atoms with E-state index in [2.05, 4.69) is 26.7 Å². The third kappa shape index (κ3) is 5.34. The number of rotatable bonds is 5. The van der Waals surface area contributed by atoms with E-state index < -0.39 is 0 Å². The van der Waals surface area contributed by atoms with Gasteiger partial charge in [0.25, 0.3) is 0 Å². The summed E-state index contributed by atoms with van der Waals surface area (Å²) in [7, 11) is 3.96. The van der Waals surface area contributed by atoms with Crippen LogP contribution < -0.4 is 15.5 Å². The average Bonchev–Trinajstić information content (AvgIpc) is 2.93. The molecule has 2 N–H and O–H groups in total. The van der Waals surface area contributed by atoms with Crippen molar-refractivity contribution in [2.45, 2.75) is 38.8 Å². The Bertz CT molecular complexity index is 777. The van der Waals surface area contributed by atoms with Gasteiger partial charge in [-0.15, -0.1) is 0 Å². The zero-order chi connectivity index (χ0) is 19.9. The number of nitrogens with zero attached hydrogens (tertiary/aromatic N) is 4. The van der Waals surface area contributed by atoms with Crippen LogP contribution in [0.2, 0.25) is 0 Å². The number of anilines is 2. The highest BCUT2D eigenvalue weighted by Crippen LogP contribution is 2.18. The van der Waals surface area contributed by atoms with Crippen molar-refractivity contribution >= 4 is 17.5 Å². The predicted octanol–water partition coefficient (Wildman–Crippen LogP) is 3.03. The van der Waals surface area contributed by atoms with Gasteiger partial charge in [0.15, 0.2) is 0 Å². The zero-order valence-corrected chi connectivity index (χ0v) is 17.0. The van der Waals surface area contributed by atoms with Crippen molar-refractivity contribution in [3.63, 3.8) is 0 Å². The van der Waals surface area contributed by atoms with Crippen LogP contribution in [0.5, 0.6) is 0 Å². The Balaban J connectivity index is 1.48. The Morgan fingerprint density at radius 3 is 2.79 bits per heavy atom. The van der Waals surface area contributed by atoms with Crippen LogP contribution in [0.25, 0.3) is 0 Å². The van der Waals surface area contributed by atoms with Gasteiger partial charge in [0.1, 0.15) is 5.82 Å². The van der Waals surface area contributed by atoms with Gasteiger partial charge in [-0.1, -0.05) is 6.07 Å². The highest BCUT2D eigenvalue weighted by Gasteiger charge is 2.20. The minimum Gasteiger partial charge on any atom is -0.381 e. The van der Waals surface area contributed by atoms with Crippen LogP contribution in [-0.2, 0) is 6.54 Å². The quantitative estimate of drug-likeness (QED) is 0.832. The molecule has 0 spiro atoms. The zero-order valence-electron chi connectivity index (χ0n) is 17.0. The Hall–Kier alpha value is -2.83. The number of aryl methyl sites for hydroxylation is 1. The van der Waals surface area contributed by atoms with Gasteiger partial charge >= 0.3 is 6.03 Å². The molecule has 0 unspecified atom stereocenters. The molecule has 1 fully saturated rings. The minimum atomic E-state index is -0.0114. The number of urea groups is 1. The molecule has 3 rings (SSSR count). The van der Waals surface area contributed by atoms with Gasteiger partial charge in [0.2, 0.25) is 0 Å². The Labute approximate surface area is 167 Å². The molecule has 1 atom stereocenters. The monoisotopic (exact) mass is 382 g/mol. The number of carbonyl (C=O) groups is 1. The number of hydrogen-bond donors (Lipinski definition) is 2. The average molecular weight is 383 g/mol. The van der Waals surface area contributed by atoms with E-state index >= 15 is 0 Å². The standard InChI is InChI=1S/C21H30N6O/c1-16-6-4-11-22-19(16)15-24-21(28)27-12-5-7-17(10-13-27)25-18-8-9-20(23-14-18)26(2)3/h4,6,8-9,11,14,17,25H,5,7,10,12-13,15H2,1-3H3,(H,24,28)/t17-/m1/s1. The van der Waals surface area contributed by atoms with Crippen LogP contribution in [0.3, 0.4) is 0 Å². The van der Waals surface area contributed by atoms with E-state index in [1.54, 1.807) is 6.20 Å². The fraction of sp³-hybridized carbons (Fsp3) is 0.476. The number of carbonyl (C=O) groups excluding carboxylic acids is 1. The van der Waals surface area contributed by atoms with E-state index in [0.29, 0.717) is 12.6 Å². The number of hydrogen-bond acceptors (Lipinski definition) is 5. The van der Waals surface area contributed by atoms with Crippen LogP contribution in [-0.4, -0.2) is 54.1 Å². The second-order valence-electron chi connectivity index (χ2n) is 7.48. The van der Waals surface area contributed by atoms with Gasteiger partial charge in [-0.25, -0.2) is 9.78 Å². The van der Waals surface area contributed by atoms with E-state index in [1.807, 2.05) is 55.2 Å². The molecule has 2 aromatic rings. The Morgan fingerprint density at radius 2 is 2.07 bits per heavy atom. The van der Waals surface area contributed by atoms with Gasteiger partial charge in [-0.3, -0.25) is 4.98 Å². The van der Waals surface area contributed by atoms with Crippen LogP contribution in [0.1, 0.15) is 30.5 Å². The van der Waals surface area contributed by atoms with E-state index in [0.717, 1.165) is 55.1 Å². The first kappa shape index (κ1) is 19.9. The molecule has 0 radical (unpaired) electrons. The molecule has 0 aromatic carbocycles. The van der Waals surface area contributed by atoms with Crippen LogP contribution in [0, 0.1) is 6.92 Å². The second kappa shape index (κ2) is 9.39. The number of amides is 2. The van der Waals surface area contributed by atoms with Crippen LogP contribution in [0.4, 0.5) is 16.3 Å². The van der Waals surface area contributed by atoms with Crippen molar-refractivity contribution in [2.24, 2.45) is 0 Å². The van der Waals surface area contributed by atoms with Crippen molar-refractivity contribution in [3.8, 4) is 0 Å². The predicted molar refractivity (Wildman–Crippen MR) is 113 cm³/mol. The Morgan fingerprint density at radius 1 is 1.21 bits per heavy atom. The lowest BCUT2D eigenvalue weighted by molar-refractivity contribution is 0.199. The summed E-state index contributed by atoms with van der Waals surface area (Å²) in [5.41, 5.74) is 3.04. The van der Waals surface area contributed by atoms with E-state index in [4.69, 9.17) is 0 Å². The second-order valence-corrected chi connectivity index (χ2v) is 7.48. The van der Waals surface area contributed by atoms with Crippen molar-refractivity contribution in [2.75, 3.05) is 37.4 Å². The molecule has 1 saturated heterocycles. The maximum absolute atomic E-state index is 12.6. The first-order valence-electron chi connectivity index (χ1n) is 9.86. The van der Waals surface area contributed by atoms with Crippen molar-refractivity contribution < 1.29 is 4.79 Å². The van der Waals surface area contributed by atoms with Gasteiger partial charge < -0.3 is 20.4 Å². The normalized spacial score (nSPS) is 17.0. The van der Waals surface area contributed by atoms with E-state index in [-0.39, 0.29) is 6.03 Å². The maximum Gasteiger partial charge on any atom is 0.317 e. The number of likely N-dealkylation sites (tertiary alicyclic amines) is 1. The molecule has 7 nitrogen and oxygen atoms in total. The third-order valence-corrected chi connectivity index (χ3v) is 5.12. The summed E-state index contributed by atoms with van der Waals surface area (Å²) in [6.07, 6.45) is 6.58. The number of nitrogens with one attached hydrogen (secondary N) is 2. The molecule has 1 aliphatic rings. The maximum atomic E-state index is 12.6. The summed E-state index contributed by atoms with van der Waals surface area (Å²) in [6.45, 7) is 4.00. The van der Waals surface area contributed by atoms with E-state index in [1.165, 1.54) is 0 Å². The highest BCUT2D eigenvalue weighted by atomic mass is 16.2.